The zero-order chi connectivity index (χ0) is 22.9. The first-order valence-electron chi connectivity index (χ1n) is 13.0. The van der Waals surface area contributed by atoms with Crippen LogP contribution in [0.2, 0.25) is 0 Å². The second-order valence-corrected chi connectivity index (χ2v) is 10.2. The predicted octanol–water partition coefficient (Wildman–Crippen LogP) is 3.94. The third-order valence-corrected chi connectivity index (χ3v) is 7.95. The summed E-state index contributed by atoms with van der Waals surface area (Å²) in [6.45, 7) is 7.36. The van der Waals surface area contributed by atoms with Crippen molar-refractivity contribution in [2.45, 2.75) is 57.2 Å². The van der Waals surface area contributed by atoms with Crippen molar-refractivity contribution in [1.82, 2.24) is 15.1 Å². The van der Waals surface area contributed by atoms with E-state index in [1.807, 2.05) is 0 Å². The van der Waals surface area contributed by atoms with Crippen molar-refractivity contribution in [2.75, 3.05) is 39.4 Å². The number of rotatable bonds is 4. The van der Waals surface area contributed by atoms with Gasteiger partial charge in [-0.1, -0.05) is 18.2 Å². The fourth-order valence-corrected chi connectivity index (χ4v) is 6.00. The van der Waals surface area contributed by atoms with E-state index in [9.17, 15) is 4.79 Å². The highest BCUT2D eigenvalue weighted by atomic mass is 16.5. The summed E-state index contributed by atoms with van der Waals surface area (Å²) in [5.41, 5.74) is 4.84. The molecule has 0 aromatic heterocycles. The van der Waals surface area contributed by atoms with Crippen molar-refractivity contribution in [3.63, 3.8) is 0 Å². The molecule has 1 N–H and O–H groups in total. The molecule has 4 aliphatic heterocycles. The van der Waals surface area contributed by atoms with Crippen LogP contribution in [0, 0.1) is 0 Å². The summed E-state index contributed by atoms with van der Waals surface area (Å²) in [5, 5.41) is 3.45. The number of carbonyl (C=O) groups is 1. The second-order valence-electron chi connectivity index (χ2n) is 10.2. The van der Waals surface area contributed by atoms with E-state index in [0.717, 1.165) is 102 Å². The molecule has 1 atom stereocenters. The number of ether oxygens (including phenoxy) is 2. The van der Waals surface area contributed by atoms with E-state index in [2.05, 4.69) is 51.5 Å². The summed E-state index contributed by atoms with van der Waals surface area (Å²) in [6.07, 6.45) is 5.52. The Morgan fingerprint density at radius 2 is 1.79 bits per heavy atom. The third-order valence-electron chi connectivity index (χ3n) is 7.95. The van der Waals surface area contributed by atoms with Gasteiger partial charge in [-0.25, -0.2) is 0 Å². The van der Waals surface area contributed by atoms with Gasteiger partial charge in [0, 0.05) is 37.7 Å². The lowest BCUT2D eigenvalue weighted by Crippen LogP contribution is -2.46. The third kappa shape index (κ3) is 4.41. The summed E-state index contributed by atoms with van der Waals surface area (Å²) in [7, 11) is 0. The standard InChI is InChI=1S/C28H35N3O3/c32-28-25-6-5-22(16-23(25)19-31(28)24-3-1-10-29-17-24)21-8-11-30(12-9-21)18-20-4-7-26-27(15-20)34-14-2-13-33-26/h4-7,15-16,21,24,29H,1-3,8-14,17-19H2. The molecular formula is C28H35N3O3. The van der Waals surface area contributed by atoms with Crippen LogP contribution < -0.4 is 14.8 Å². The largest absolute Gasteiger partial charge is 0.490 e. The van der Waals surface area contributed by atoms with E-state index in [1.54, 1.807) is 0 Å². The fraction of sp³-hybridized carbons (Fsp3) is 0.536. The summed E-state index contributed by atoms with van der Waals surface area (Å²) in [6, 6.07) is 13.3. The average Bonchev–Trinajstić information content (AvgIpc) is 3.04. The van der Waals surface area contributed by atoms with Crippen molar-refractivity contribution < 1.29 is 14.3 Å². The number of fused-ring (bicyclic) bond motifs is 2. The molecule has 0 bridgehead atoms. The number of nitrogens with one attached hydrogen (secondary N) is 1. The van der Waals surface area contributed by atoms with Crippen LogP contribution >= 0.6 is 0 Å². The number of amides is 1. The molecule has 6 heteroatoms. The quantitative estimate of drug-likeness (QED) is 0.748. The molecule has 180 valence electrons. The molecule has 0 spiro atoms. The Bertz CT molecular complexity index is 1040. The van der Waals surface area contributed by atoms with Gasteiger partial charge in [-0.2, -0.15) is 0 Å². The number of nitrogens with zero attached hydrogens (tertiary/aromatic N) is 2. The lowest BCUT2D eigenvalue weighted by Gasteiger charge is -2.32. The number of hydrogen-bond acceptors (Lipinski definition) is 5. The second kappa shape index (κ2) is 9.59. The SMILES string of the molecule is O=C1c2ccc(C3CCN(Cc4ccc5c(c4)OCCCO5)CC3)cc2CN1C1CCCNC1. The number of hydrogen-bond donors (Lipinski definition) is 1. The number of likely N-dealkylation sites (tertiary alicyclic amines) is 1. The molecule has 6 nitrogen and oxygen atoms in total. The van der Waals surface area contributed by atoms with Crippen molar-refractivity contribution >= 4 is 5.91 Å². The van der Waals surface area contributed by atoms with E-state index in [1.165, 1.54) is 16.7 Å². The summed E-state index contributed by atoms with van der Waals surface area (Å²) >= 11 is 0. The smallest absolute Gasteiger partial charge is 0.254 e. The molecule has 0 saturated carbocycles. The minimum absolute atomic E-state index is 0.222. The van der Waals surface area contributed by atoms with Crippen molar-refractivity contribution in [3.05, 3.63) is 58.7 Å². The van der Waals surface area contributed by atoms with Gasteiger partial charge in [-0.05, 0) is 86.1 Å². The van der Waals surface area contributed by atoms with Gasteiger partial charge in [0.1, 0.15) is 0 Å². The zero-order valence-electron chi connectivity index (χ0n) is 19.9. The van der Waals surface area contributed by atoms with Gasteiger partial charge < -0.3 is 19.7 Å². The first-order chi connectivity index (χ1) is 16.7. The Morgan fingerprint density at radius 1 is 0.941 bits per heavy atom. The van der Waals surface area contributed by atoms with Gasteiger partial charge in [0.15, 0.2) is 11.5 Å². The van der Waals surface area contributed by atoms with Gasteiger partial charge in [0.25, 0.3) is 5.91 Å². The number of piperidine rings is 2. The molecule has 0 radical (unpaired) electrons. The lowest BCUT2D eigenvalue weighted by molar-refractivity contribution is 0.0674. The molecule has 34 heavy (non-hydrogen) atoms. The molecule has 2 saturated heterocycles. The number of benzene rings is 2. The first-order valence-corrected chi connectivity index (χ1v) is 13.0. The first kappa shape index (κ1) is 21.9. The molecule has 1 unspecified atom stereocenters. The summed E-state index contributed by atoms with van der Waals surface area (Å²) in [5.74, 6) is 2.55. The fourth-order valence-electron chi connectivity index (χ4n) is 6.00. The van der Waals surface area contributed by atoms with Gasteiger partial charge in [-0.15, -0.1) is 0 Å². The van der Waals surface area contributed by atoms with Crippen LogP contribution in [0.4, 0.5) is 0 Å². The molecule has 2 fully saturated rings. The molecular weight excluding hydrogens is 426 g/mol. The Balaban J connectivity index is 1.07. The monoisotopic (exact) mass is 461 g/mol. The van der Waals surface area contributed by atoms with E-state index in [0.29, 0.717) is 12.0 Å². The van der Waals surface area contributed by atoms with Gasteiger partial charge in [0.05, 0.1) is 13.2 Å². The maximum Gasteiger partial charge on any atom is 0.254 e. The molecule has 2 aromatic rings. The molecule has 0 aliphatic carbocycles. The highest BCUT2D eigenvalue weighted by molar-refractivity contribution is 5.98. The van der Waals surface area contributed by atoms with Crippen LogP contribution in [0.5, 0.6) is 11.5 Å². The van der Waals surface area contributed by atoms with Gasteiger partial charge in [0.2, 0.25) is 0 Å². The van der Waals surface area contributed by atoms with E-state index < -0.39 is 0 Å². The Hall–Kier alpha value is -2.57. The van der Waals surface area contributed by atoms with Crippen molar-refractivity contribution in [1.29, 1.82) is 0 Å². The topological polar surface area (TPSA) is 54.0 Å². The molecule has 6 rings (SSSR count). The lowest BCUT2D eigenvalue weighted by atomic mass is 9.87. The molecule has 1 amide bonds. The molecule has 4 heterocycles. The predicted molar refractivity (Wildman–Crippen MR) is 132 cm³/mol. The van der Waals surface area contributed by atoms with E-state index in [-0.39, 0.29) is 5.91 Å². The Morgan fingerprint density at radius 3 is 2.62 bits per heavy atom. The van der Waals surface area contributed by atoms with Crippen LogP contribution in [0.15, 0.2) is 36.4 Å². The maximum atomic E-state index is 13.0. The van der Waals surface area contributed by atoms with Crippen LogP contribution in [-0.2, 0) is 13.1 Å². The van der Waals surface area contributed by atoms with Crippen molar-refractivity contribution in [3.8, 4) is 11.5 Å². The van der Waals surface area contributed by atoms with Crippen LogP contribution in [0.25, 0.3) is 0 Å². The average molecular weight is 462 g/mol. The van der Waals surface area contributed by atoms with E-state index in [4.69, 9.17) is 9.47 Å². The molecule has 4 aliphatic rings. The van der Waals surface area contributed by atoms with E-state index >= 15 is 0 Å². The highest BCUT2D eigenvalue weighted by Gasteiger charge is 2.34. The van der Waals surface area contributed by atoms with Crippen LogP contribution in [0.1, 0.15) is 65.1 Å². The minimum atomic E-state index is 0.222. The number of carbonyl (C=O) groups excluding carboxylic acids is 1. The normalized spacial score (nSPS) is 23.6. The highest BCUT2D eigenvalue weighted by Crippen LogP contribution is 2.35. The Labute approximate surface area is 202 Å². The summed E-state index contributed by atoms with van der Waals surface area (Å²) in [4.78, 5) is 17.6. The van der Waals surface area contributed by atoms with Crippen LogP contribution in [-0.4, -0.2) is 61.1 Å². The summed E-state index contributed by atoms with van der Waals surface area (Å²) < 4.78 is 11.6. The van der Waals surface area contributed by atoms with Crippen LogP contribution in [0.3, 0.4) is 0 Å². The van der Waals surface area contributed by atoms with Gasteiger partial charge >= 0.3 is 0 Å². The minimum Gasteiger partial charge on any atom is -0.490 e. The Kier molecular flexibility index (Phi) is 6.18. The van der Waals surface area contributed by atoms with Gasteiger partial charge in [-0.3, -0.25) is 9.69 Å². The maximum absolute atomic E-state index is 13.0. The van der Waals surface area contributed by atoms with Crippen molar-refractivity contribution in [2.24, 2.45) is 0 Å². The molecule has 2 aromatic carbocycles. The zero-order valence-corrected chi connectivity index (χ0v) is 19.9.